The van der Waals surface area contributed by atoms with E-state index < -0.39 is 8.80 Å². The van der Waals surface area contributed by atoms with Gasteiger partial charge in [0.25, 0.3) is 0 Å². The fraction of sp³-hybridized carbons (Fsp3) is 0.250. The SMILES string of the molecule is CCO[Si](OCC)(OCC)c1ccc(N(c2ccc(-c3ccc(N(c4cc(C)cc(C)c4)c4cc(C)cc(C)c4)cc3)cc2)c2cc(C)cc(C)c2)cc1. The normalized spacial score (nSPS) is 11.5. The van der Waals surface area contributed by atoms with Gasteiger partial charge in [0.05, 0.1) is 0 Å². The topological polar surface area (TPSA) is 34.2 Å². The summed E-state index contributed by atoms with van der Waals surface area (Å²) in [5.74, 6) is 0. The third-order valence-electron chi connectivity index (χ3n) is 9.46. The number of aryl methyl sites for hydroxylation is 6. The molecule has 54 heavy (non-hydrogen) atoms. The van der Waals surface area contributed by atoms with Crippen LogP contribution in [0.1, 0.15) is 54.2 Å². The van der Waals surface area contributed by atoms with Gasteiger partial charge in [0.2, 0.25) is 0 Å². The van der Waals surface area contributed by atoms with Gasteiger partial charge in [-0.25, -0.2) is 0 Å². The standard InChI is InChI=1S/C48H54N2O3Si/c1-10-51-54(52-11-2,53-12-3)48-23-21-44(22-24-48)49(45-28-34(4)25-35(5)29-45)42-17-13-40(14-18-42)41-15-19-43(20-16-41)50(46-30-36(6)26-37(7)31-46)47-32-38(8)27-39(9)33-47/h13-33H,10-12H2,1-9H3. The first-order chi connectivity index (χ1) is 26.0. The van der Waals surface area contributed by atoms with E-state index in [1.165, 1.54) is 33.4 Å². The molecule has 0 spiro atoms. The molecule has 0 fully saturated rings. The van der Waals surface area contributed by atoms with Crippen molar-refractivity contribution in [2.75, 3.05) is 29.6 Å². The molecule has 6 aromatic rings. The highest BCUT2D eigenvalue weighted by molar-refractivity contribution is 6.75. The van der Waals surface area contributed by atoms with E-state index in [1.807, 2.05) is 20.8 Å². The zero-order chi connectivity index (χ0) is 38.4. The summed E-state index contributed by atoms with van der Waals surface area (Å²) < 4.78 is 18.6. The van der Waals surface area contributed by atoms with Gasteiger partial charge in [-0.05, 0) is 180 Å². The van der Waals surface area contributed by atoms with Crippen LogP contribution in [0.3, 0.4) is 0 Å². The van der Waals surface area contributed by atoms with Gasteiger partial charge < -0.3 is 23.1 Å². The molecule has 0 saturated carbocycles. The lowest BCUT2D eigenvalue weighted by Crippen LogP contribution is -2.56. The Hall–Kier alpha value is -4.98. The molecule has 0 saturated heterocycles. The zero-order valence-corrected chi connectivity index (χ0v) is 34.4. The summed E-state index contributed by atoms with van der Waals surface area (Å²) in [6.07, 6.45) is 0. The quantitative estimate of drug-likeness (QED) is 0.104. The van der Waals surface area contributed by atoms with Gasteiger partial charge in [-0.2, -0.15) is 0 Å². The molecule has 0 atom stereocenters. The molecule has 6 rings (SSSR count). The van der Waals surface area contributed by atoms with Crippen LogP contribution in [0.4, 0.5) is 34.1 Å². The first-order valence-corrected chi connectivity index (χ1v) is 20.8. The Morgan fingerprint density at radius 1 is 0.352 bits per heavy atom. The van der Waals surface area contributed by atoms with Crippen LogP contribution < -0.4 is 15.0 Å². The highest BCUT2D eigenvalue weighted by atomic mass is 28.4. The zero-order valence-electron chi connectivity index (χ0n) is 33.4. The summed E-state index contributed by atoms with van der Waals surface area (Å²) in [6, 6.07) is 46.5. The molecule has 0 aliphatic rings. The van der Waals surface area contributed by atoms with Crippen LogP contribution in [-0.4, -0.2) is 28.6 Å². The number of nitrogens with zero attached hydrogens (tertiary/aromatic N) is 2. The van der Waals surface area contributed by atoms with E-state index in [0.717, 1.165) is 50.4 Å². The van der Waals surface area contributed by atoms with Gasteiger partial charge >= 0.3 is 8.80 Å². The Morgan fingerprint density at radius 3 is 0.889 bits per heavy atom. The molecule has 0 N–H and O–H groups in total. The molecule has 6 aromatic carbocycles. The average Bonchev–Trinajstić information content (AvgIpc) is 3.12. The maximum absolute atomic E-state index is 6.21. The van der Waals surface area contributed by atoms with Crippen LogP contribution >= 0.6 is 0 Å². The number of hydrogen-bond donors (Lipinski definition) is 0. The van der Waals surface area contributed by atoms with E-state index in [-0.39, 0.29) is 0 Å². The Morgan fingerprint density at radius 2 is 0.611 bits per heavy atom. The van der Waals surface area contributed by atoms with Gasteiger partial charge in [0.1, 0.15) is 0 Å². The lowest BCUT2D eigenvalue weighted by molar-refractivity contribution is 0.0859. The molecule has 0 bridgehead atoms. The fourth-order valence-corrected chi connectivity index (χ4v) is 9.96. The minimum Gasteiger partial charge on any atom is -0.370 e. The van der Waals surface area contributed by atoms with Crippen LogP contribution in [0.15, 0.2) is 127 Å². The Bertz CT molecular complexity index is 2050. The highest BCUT2D eigenvalue weighted by Gasteiger charge is 2.43. The van der Waals surface area contributed by atoms with Gasteiger partial charge in [0.15, 0.2) is 0 Å². The van der Waals surface area contributed by atoms with Gasteiger partial charge in [-0.1, -0.05) is 54.6 Å². The summed E-state index contributed by atoms with van der Waals surface area (Å²) in [5.41, 5.74) is 16.4. The Kier molecular flexibility index (Phi) is 12.2. The van der Waals surface area contributed by atoms with E-state index in [4.69, 9.17) is 13.3 Å². The Labute approximate surface area is 324 Å². The molecule has 6 heteroatoms. The van der Waals surface area contributed by atoms with Crippen molar-refractivity contribution in [1.82, 2.24) is 0 Å². The number of rotatable bonds is 14. The van der Waals surface area contributed by atoms with Crippen molar-refractivity contribution in [3.8, 4) is 11.1 Å². The monoisotopic (exact) mass is 734 g/mol. The smallest absolute Gasteiger partial charge is 0.370 e. The van der Waals surface area contributed by atoms with E-state index in [0.29, 0.717) is 19.8 Å². The summed E-state index contributed by atoms with van der Waals surface area (Å²) in [7, 11) is -3.03. The summed E-state index contributed by atoms with van der Waals surface area (Å²) in [5, 5.41) is 0.963. The summed E-state index contributed by atoms with van der Waals surface area (Å²) >= 11 is 0. The number of anilines is 6. The predicted molar refractivity (Wildman–Crippen MR) is 230 cm³/mol. The molecule has 0 radical (unpaired) electrons. The van der Waals surface area contributed by atoms with E-state index in [2.05, 4.69) is 179 Å². The van der Waals surface area contributed by atoms with Gasteiger partial charge in [0, 0.05) is 59.1 Å². The van der Waals surface area contributed by atoms with Crippen molar-refractivity contribution in [2.45, 2.75) is 62.3 Å². The molecule has 0 unspecified atom stereocenters. The summed E-state index contributed by atoms with van der Waals surface area (Å²) in [6.45, 7) is 20.5. The molecule has 0 aliphatic carbocycles. The largest absolute Gasteiger partial charge is 0.537 e. The lowest BCUT2D eigenvalue weighted by Gasteiger charge is -2.30. The van der Waals surface area contributed by atoms with Crippen LogP contribution in [0.2, 0.25) is 0 Å². The van der Waals surface area contributed by atoms with Gasteiger partial charge in [-0.3, -0.25) is 0 Å². The van der Waals surface area contributed by atoms with Crippen LogP contribution in [-0.2, 0) is 13.3 Å². The van der Waals surface area contributed by atoms with Crippen LogP contribution in [0.5, 0.6) is 0 Å². The second kappa shape index (κ2) is 17.0. The van der Waals surface area contributed by atoms with Crippen molar-refractivity contribution in [1.29, 1.82) is 0 Å². The first-order valence-electron chi connectivity index (χ1n) is 19.1. The number of hydrogen-bond acceptors (Lipinski definition) is 5. The lowest BCUT2D eigenvalue weighted by atomic mass is 10.0. The molecule has 0 amide bonds. The van der Waals surface area contributed by atoms with E-state index in [9.17, 15) is 0 Å². The van der Waals surface area contributed by atoms with Gasteiger partial charge in [-0.15, -0.1) is 0 Å². The fourth-order valence-electron chi connectivity index (χ4n) is 7.50. The van der Waals surface area contributed by atoms with E-state index >= 15 is 0 Å². The van der Waals surface area contributed by atoms with Crippen molar-refractivity contribution >= 4 is 48.1 Å². The molecular weight excluding hydrogens is 681 g/mol. The molecule has 5 nitrogen and oxygen atoms in total. The second-order valence-corrected chi connectivity index (χ2v) is 16.8. The van der Waals surface area contributed by atoms with Crippen molar-refractivity contribution in [3.63, 3.8) is 0 Å². The minimum atomic E-state index is -3.03. The third-order valence-corrected chi connectivity index (χ3v) is 12.5. The third kappa shape index (κ3) is 8.69. The minimum absolute atomic E-state index is 0.523. The second-order valence-electron chi connectivity index (χ2n) is 14.2. The molecular formula is C48H54N2O3Si. The highest BCUT2D eigenvalue weighted by Crippen LogP contribution is 2.39. The van der Waals surface area contributed by atoms with Crippen molar-refractivity contribution in [2.24, 2.45) is 0 Å². The first kappa shape index (κ1) is 38.7. The van der Waals surface area contributed by atoms with Crippen LogP contribution in [0.25, 0.3) is 11.1 Å². The Balaban J connectivity index is 1.35. The van der Waals surface area contributed by atoms with Crippen molar-refractivity contribution in [3.05, 3.63) is 161 Å². The van der Waals surface area contributed by atoms with E-state index in [1.54, 1.807) is 0 Å². The average molecular weight is 735 g/mol. The predicted octanol–water partition coefficient (Wildman–Crippen LogP) is 12.4. The molecule has 0 aliphatic heterocycles. The maximum atomic E-state index is 6.21. The molecule has 0 heterocycles. The van der Waals surface area contributed by atoms with Crippen molar-refractivity contribution < 1.29 is 13.3 Å². The molecule has 0 aromatic heterocycles. The molecule has 278 valence electrons. The maximum Gasteiger partial charge on any atom is 0.537 e. The summed E-state index contributed by atoms with van der Waals surface area (Å²) in [4.78, 5) is 4.68. The van der Waals surface area contributed by atoms with Crippen LogP contribution in [0, 0.1) is 41.5 Å². The number of benzene rings is 6.